The van der Waals surface area contributed by atoms with Crippen molar-refractivity contribution in [2.24, 2.45) is 5.92 Å². The summed E-state index contributed by atoms with van der Waals surface area (Å²) < 4.78 is 25.2. The third kappa shape index (κ3) is 4.33. The zero-order valence-electron chi connectivity index (χ0n) is 15.8. The van der Waals surface area contributed by atoms with E-state index in [4.69, 9.17) is 9.47 Å². The number of rotatable bonds is 5. The second-order valence-corrected chi connectivity index (χ2v) is 8.25. The topological polar surface area (TPSA) is 38.8 Å². The molecule has 0 aliphatic carbocycles. The molecule has 2 aromatic rings. The quantitative estimate of drug-likeness (QED) is 0.527. The van der Waals surface area contributed by atoms with Gasteiger partial charge in [0, 0.05) is 17.0 Å². The molecule has 2 atom stereocenters. The zero-order valence-corrected chi connectivity index (χ0v) is 16.7. The average Bonchev–Trinajstić information content (AvgIpc) is 2.73. The van der Waals surface area contributed by atoms with Crippen LogP contribution in [-0.2, 0) is 9.47 Å². The molecule has 3 aliphatic rings. The standard InChI is InChI=1S/C22H24FNO3S/c1-28-19-7-5-16(6-8-19)21(17-3-2-4-18(23)13-17)27-22(25)26-20-14-24-11-9-15(20)10-12-24/h2-8,13,15,20-21H,9-12,14H2,1H3. The van der Waals surface area contributed by atoms with Crippen LogP contribution in [0, 0.1) is 11.7 Å². The van der Waals surface area contributed by atoms with Crippen molar-refractivity contribution in [1.29, 1.82) is 0 Å². The van der Waals surface area contributed by atoms with Crippen LogP contribution in [0.5, 0.6) is 0 Å². The van der Waals surface area contributed by atoms with Crippen LogP contribution >= 0.6 is 11.8 Å². The van der Waals surface area contributed by atoms with Gasteiger partial charge in [-0.25, -0.2) is 9.18 Å². The van der Waals surface area contributed by atoms with E-state index >= 15 is 0 Å². The summed E-state index contributed by atoms with van der Waals surface area (Å²) in [5, 5.41) is 0. The highest BCUT2D eigenvalue weighted by atomic mass is 32.2. The van der Waals surface area contributed by atoms with Gasteiger partial charge in [0.15, 0.2) is 6.10 Å². The Morgan fingerprint density at radius 2 is 1.89 bits per heavy atom. The third-order valence-electron chi connectivity index (χ3n) is 5.63. The molecular formula is C22H24FNO3S. The molecule has 28 heavy (non-hydrogen) atoms. The molecule has 0 saturated carbocycles. The number of halogens is 1. The molecule has 3 saturated heterocycles. The van der Waals surface area contributed by atoms with E-state index in [1.54, 1.807) is 23.9 Å². The Morgan fingerprint density at radius 1 is 1.14 bits per heavy atom. The molecule has 148 valence electrons. The number of hydrogen-bond donors (Lipinski definition) is 0. The molecule has 3 heterocycles. The van der Waals surface area contributed by atoms with Crippen LogP contribution < -0.4 is 0 Å². The highest BCUT2D eigenvalue weighted by Crippen LogP contribution is 2.32. The fourth-order valence-electron chi connectivity index (χ4n) is 4.07. The van der Waals surface area contributed by atoms with Gasteiger partial charge in [0.25, 0.3) is 0 Å². The Kier molecular flexibility index (Phi) is 5.87. The summed E-state index contributed by atoms with van der Waals surface area (Å²) >= 11 is 1.63. The van der Waals surface area contributed by atoms with Crippen molar-refractivity contribution >= 4 is 17.9 Å². The van der Waals surface area contributed by atoms with Crippen LogP contribution in [0.2, 0.25) is 0 Å². The zero-order chi connectivity index (χ0) is 19.5. The van der Waals surface area contributed by atoms with Gasteiger partial charge in [-0.2, -0.15) is 0 Å². The van der Waals surface area contributed by atoms with E-state index in [9.17, 15) is 9.18 Å². The summed E-state index contributed by atoms with van der Waals surface area (Å²) in [6, 6.07) is 13.9. The Hall–Kier alpha value is -2.05. The Balaban J connectivity index is 1.52. The molecule has 0 radical (unpaired) electrons. The van der Waals surface area contributed by atoms with Gasteiger partial charge in [-0.05, 0) is 67.9 Å². The summed E-state index contributed by atoms with van der Waals surface area (Å²) in [5.41, 5.74) is 1.37. The third-order valence-corrected chi connectivity index (χ3v) is 6.37. The van der Waals surface area contributed by atoms with E-state index in [2.05, 4.69) is 4.90 Å². The summed E-state index contributed by atoms with van der Waals surface area (Å²) in [6.45, 7) is 2.92. The number of fused-ring (bicyclic) bond motifs is 3. The minimum atomic E-state index is -0.708. The second-order valence-electron chi connectivity index (χ2n) is 7.37. The van der Waals surface area contributed by atoms with Crippen molar-refractivity contribution in [2.75, 3.05) is 25.9 Å². The van der Waals surface area contributed by atoms with Gasteiger partial charge < -0.3 is 9.47 Å². The monoisotopic (exact) mass is 401 g/mol. The molecular weight excluding hydrogens is 377 g/mol. The van der Waals surface area contributed by atoms with E-state index in [1.807, 2.05) is 30.5 Å². The van der Waals surface area contributed by atoms with Gasteiger partial charge in [0.1, 0.15) is 11.9 Å². The fraction of sp³-hybridized carbons (Fsp3) is 0.409. The maximum Gasteiger partial charge on any atom is 0.509 e. The number of benzene rings is 2. The highest BCUT2D eigenvalue weighted by molar-refractivity contribution is 7.98. The number of thioether (sulfide) groups is 1. The number of piperidine rings is 3. The largest absolute Gasteiger partial charge is 0.509 e. The predicted molar refractivity (Wildman–Crippen MR) is 107 cm³/mol. The first-order valence-corrected chi connectivity index (χ1v) is 10.8. The van der Waals surface area contributed by atoms with Gasteiger partial charge in [-0.15, -0.1) is 11.8 Å². The molecule has 2 unspecified atom stereocenters. The molecule has 6 heteroatoms. The van der Waals surface area contributed by atoms with Gasteiger partial charge in [0.05, 0.1) is 0 Å². The van der Waals surface area contributed by atoms with E-state index < -0.39 is 12.3 Å². The molecule has 3 fully saturated rings. The van der Waals surface area contributed by atoms with Crippen LogP contribution in [0.4, 0.5) is 9.18 Å². The Morgan fingerprint density at radius 3 is 2.50 bits per heavy atom. The molecule has 2 bridgehead atoms. The number of hydrogen-bond acceptors (Lipinski definition) is 5. The van der Waals surface area contributed by atoms with Gasteiger partial charge in [0.2, 0.25) is 0 Å². The van der Waals surface area contributed by atoms with Gasteiger partial charge >= 0.3 is 6.16 Å². The predicted octanol–water partition coefficient (Wildman–Crippen LogP) is 4.88. The van der Waals surface area contributed by atoms with Crippen LogP contribution in [-0.4, -0.2) is 43.0 Å². The van der Waals surface area contributed by atoms with Crippen molar-refractivity contribution in [3.8, 4) is 0 Å². The van der Waals surface area contributed by atoms with Crippen LogP contribution in [0.15, 0.2) is 53.4 Å². The lowest BCUT2D eigenvalue weighted by Gasteiger charge is -2.43. The van der Waals surface area contributed by atoms with Crippen molar-refractivity contribution in [2.45, 2.75) is 29.9 Å². The minimum Gasteiger partial charge on any atom is -0.429 e. The van der Waals surface area contributed by atoms with E-state index in [0.717, 1.165) is 42.9 Å². The lowest BCUT2D eigenvalue weighted by atomic mass is 9.86. The first-order valence-electron chi connectivity index (χ1n) is 9.61. The second kappa shape index (κ2) is 8.53. The van der Waals surface area contributed by atoms with Crippen LogP contribution in [0.25, 0.3) is 0 Å². The van der Waals surface area contributed by atoms with Crippen molar-refractivity contribution in [3.05, 3.63) is 65.5 Å². The van der Waals surface area contributed by atoms with E-state index in [0.29, 0.717) is 11.5 Å². The summed E-state index contributed by atoms with van der Waals surface area (Å²) in [6.07, 6.45) is 2.59. The maximum atomic E-state index is 13.8. The number of nitrogens with zero attached hydrogens (tertiary/aromatic N) is 1. The molecule has 0 N–H and O–H groups in total. The van der Waals surface area contributed by atoms with Crippen molar-refractivity contribution in [3.63, 3.8) is 0 Å². The molecule has 0 amide bonds. The fourth-order valence-corrected chi connectivity index (χ4v) is 4.48. The number of carbonyl (C=O) groups excluding carboxylic acids is 1. The molecule has 5 rings (SSSR count). The number of carbonyl (C=O) groups is 1. The Bertz CT molecular complexity index is 821. The minimum absolute atomic E-state index is 0.123. The molecule has 3 aliphatic heterocycles. The first kappa shape index (κ1) is 19.3. The van der Waals surface area contributed by atoms with Gasteiger partial charge in [-0.1, -0.05) is 24.3 Å². The van der Waals surface area contributed by atoms with E-state index in [1.165, 1.54) is 12.1 Å². The van der Waals surface area contributed by atoms with Crippen molar-refractivity contribution in [1.82, 2.24) is 4.90 Å². The van der Waals surface area contributed by atoms with Gasteiger partial charge in [-0.3, -0.25) is 4.90 Å². The Labute approximate surface area is 169 Å². The first-order chi connectivity index (χ1) is 13.6. The molecule has 2 aromatic carbocycles. The molecule has 4 nitrogen and oxygen atoms in total. The smallest absolute Gasteiger partial charge is 0.429 e. The van der Waals surface area contributed by atoms with E-state index in [-0.39, 0.29) is 11.9 Å². The maximum absolute atomic E-state index is 13.8. The summed E-state index contributed by atoms with van der Waals surface area (Å²) in [5.74, 6) is 0.0450. The van der Waals surface area contributed by atoms with Crippen molar-refractivity contribution < 1.29 is 18.7 Å². The molecule has 0 spiro atoms. The SMILES string of the molecule is CSc1ccc(C(OC(=O)OC2CN3CCC2CC3)c2cccc(F)c2)cc1. The summed E-state index contributed by atoms with van der Waals surface area (Å²) in [7, 11) is 0. The lowest BCUT2D eigenvalue weighted by molar-refractivity contribution is -0.0642. The average molecular weight is 402 g/mol. The number of ether oxygens (including phenoxy) is 2. The van der Waals surface area contributed by atoms with Crippen LogP contribution in [0.1, 0.15) is 30.1 Å². The molecule has 0 aromatic heterocycles. The van der Waals surface area contributed by atoms with Crippen LogP contribution in [0.3, 0.4) is 0 Å². The normalized spacial score (nSPS) is 24.6. The summed E-state index contributed by atoms with van der Waals surface area (Å²) in [4.78, 5) is 16.0. The lowest BCUT2D eigenvalue weighted by Crippen LogP contribution is -2.52. The highest BCUT2D eigenvalue weighted by Gasteiger charge is 2.37.